The molecular weight excluding hydrogens is 276 g/mol. The molecule has 108 valence electrons. The van der Waals surface area contributed by atoms with E-state index in [-0.39, 0.29) is 24.9 Å². The molecule has 0 aliphatic carbocycles. The Morgan fingerprint density at radius 2 is 2.15 bits per heavy atom. The maximum Gasteiger partial charge on any atom is 0.258 e. The molecule has 0 saturated carbocycles. The van der Waals surface area contributed by atoms with Gasteiger partial charge in [0.25, 0.3) is 5.91 Å². The fourth-order valence-corrected chi connectivity index (χ4v) is 1.99. The van der Waals surface area contributed by atoms with E-state index in [0.29, 0.717) is 11.3 Å². The topological polar surface area (TPSA) is 68.3 Å². The number of carbonyl (C=O) groups is 1. The number of anilines is 1. The van der Waals surface area contributed by atoms with E-state index in [9.17, 15) is 4.79 Å². The van der Waals surface area contributed by atoms with Gasteiger partial charge in [0.2, 0.25) is 0 Å². The second-order valence-corrected chi connectivity index (χ2v) is 4.42. The fraction of sp³-hybridized carbons (Fsp3) is 0.267. The molecule has 0 unspecified atom stereocenters. The number of hydrogen-bond donors (Lipinski definition) is 2. The van der Waals surface area contributed by atoms with Crippen LogP contribution in [0.25, 0.3) is 0 Å². The van der Waals surface area contributed by atoms with Crippen LogP contribution in [0.5, 0.6) is 0 Å². The number of aryl methyl sites for hydroxylation is 2. The molecule has 1 amide bonds. The van der Waals surface area contributed by atoms with Gasteiger partial charge in [-0.2, -0.15) is 0 Å². The van der Waals surface area contributed by atoms with Crippen molar-refractivity contribution in [2.45, 2.75) is 26.8 Å². The van der Waals surface area contributed by atoms with E-state index in [1.54, 1.807) is 6.07 Å². The van der Waals surface area contributed by atoms with Gasteiger partial charge in [-0.05, 0) is 30.5 Å². The van der Waals surface area contributed by atoms with Crippen molar-refractivity contribution >= 4 is 24.0 Å². The minimum Gasteiger partial charge on any atom is -0.467 e. The van der Waals surface area contributed by atoms with Crippen LogP contribution in [0.2, 0.25) is 0 Å². The number of carbonyl (C=O) groups excluding carboxylic acids is 1. The molecule has 0 bridgehead atoms. The standard InChI is InChI=1S/C15H18N2O2.ClH/c1-3-11-6-4-5-10(2)14(11)17-15(18)12-7-13(8-16)19-9-12;/h4-7,9H,3,8,16H2,1-2H3,(H,17,18);1H. The SMILES string of the molecule is CCc1cccc(C)c1NC(=O)c1coc(CN)c1.Cl. The van der Waals surface area contributed by atoms with E-state index in [4.69, 9.17) is 10.2 Å². The minimum atomic E-state index is -0.174. The van der Waals surface area contributed by atoms with Gasteiger partial charge in [-0.1, -0.05) is 25.1 Å². The number of nitrogens with two attached hydrogens (primary N) is 1. The van der Waals surface area contributed by atoms with Gasteiger partial charge in [0.1, 0.15) is 12.0 Å². The Morgan fingerprint density at radius 3 is 2.75 bits per heavy atom. The summed E-state index contributed by atoms with van der Waals surface area (Å²) in [6.07, 6.45) is 2.30. The third kappa shape index (κ3) is 3.40. The molecule has 0 saturated heterocycles. The second-order valence-electron chi connectivity index (χ2n) is 4.42. The third-order valence-electron chi connectivity index (χ3n) is 3.10. The van der Waals surface area contributed by atoms with E-state index >= 15 is 0 Å². The lowest BCUT2D eigenvalue weighted by molar-refractivity contribution is 0.102. The van der Waals surface area contributed by atoms with Crippen molar-refractivity contribution < 1.29 is 9.21 Å². The van der Waals surface area contributed by atoms with Crippen LogP contribution in [0.15, 0.2) is 34.9 Å². The molecule has 0 spiro atoms. The number of para-hydroxylation sites is 1. The van der Waals surface area contributed by atoms with Crippen molar-refractivity contribution in [2.24, 2.45) is 5.73 Å². The number of hydrogen-bond acceptors (Lipinski definition) is 3. The van der Waals surface area contributed by atoms with Crippen LogP contribution in [0.4, 0.5) is 5.69 Å². The molecule has 5 heteroatoms. The Kier molecular flexibility index (Phi) is 5.80. The monoisotopic (exact) mass is 294 g/mol. The number of furan rings is 1. The van der Waals surface area contributed by atoms with E-state index in [0.717, 1.165) is 23.2 Å². The van der Waals surface area contributed by atoms with Crippen LogP contribution < -0.4 is 11.1 Å². The summed E-state index contributed by atoms with van der Waals surface area (Å²) in [6.45, 7) is 4.34. The Balaban J connectivity index is 0.00000200. The first-order valence-corrected chi connectivity index (χ1v) is 6.33. The van der Waals surface area contributed by atoms with Gasteiger partial charge in [-0.25, -0.2) is 0 Å². The molecule has 20 heavy (non-hydrogen) atoms. The van der Waals surface area contributed by atoms with Gasteiger partial charge in [0.05, 0.1) is 12.1 Å². The maximum absolute atomic E-state index is 12.2. The van der Waals surface area contributed by atoms with Crippen LogP contribution in [-0.4, -0.2) is 5.91 Å². The average Bonchev–Trinajstić information content (AvgIpc) is 2.90. The summed E-state index contributed by atoms with van der Waals surface area (Å²) in [4.78, 5) is 12.2. The number of nitrogens with one attached hydrogen (secondary N) is 1. The van der Waals surface area contributed by atoms with Gasteiger partial charge in [0, 0.05) is 5.69 Å². The number of benzene rings is 1. The fourth-order valence-electron chi connectivity index (χ4n) is 1.99. The van der Waals surface area contributed by atoms with Crippen LogP contribution in [0.1, 0.15) is 34.2 Å². The number of halogens is 1. The predicted octanol–water partition coefficient (Wildman–Crippen LogP) is 3.28. The zero-order valence-corrected chi connectivity index (χ0v) is 12.4. The number of rotatable bonds is 4. The van der Waals surface area contributed by atoms with E-state index in [1.807, 2.05) is 25.1 Å². The lowest BCUT2D eigenvalue weighted by atomic mass is 10.1. The first-order valence-electron chi connectivity index (χ1n) is 6.33. The Hall–Kier alpha value is -1.78. The summed E-state index contributed by atoms with van der Waals surface area (Å²) in [6, 6.07) is 7.66. The highest BCUT2D eigenvalue weighted by Gasteiger charge is 2.12. The quantitative estimate of drug-likeness (QED) is 0.909. The number of amides is 1. The summed E-state index contributed by atoms with van der Waals surface area (Å²) in [5.74, 6) is 0.429. The molecule has 0 atom stereocenters. The highest BCUT2D eigenvalue weighted by molar-refractivity contribution is 6.04. The molecule has 3 N–H and O–H groups in total. The van der Waals surface area contributed by atoms with Gasteiger partial charge in [0.15, 0.2) is 0 Å². The summed E-state index contributed by atoms with van der Waals surface area (Å²) in [5.41, 5.74) is 9.00. The zero-order chi connectivity index (χ0) is 13.8. The predicted molar refractivity (Wildman–Crippen MR) is 82.4 cm³/mol. The smallest absolute Gasteiger partial charge is 0.258 e. The molecule has 0 fully saturated rings. The first kappa shape index (κ1) is 16.3. The molecule has 0 radical (unpaired) electrons. The highest BCUT2D eigenvalue weighted by atomic mass is 35.5. The van der Waals surface area contributed by atoms with E-state index < -0.39 is 0 Å². The average molecular weight is 295 g/mol. The summed E-state index contributed by atoms with van der Waals surface area (Å²) in [5, 5.41) is 2.94. The van der Waals surface area contributed by atoms with Crippen molar-refractivity contribution in [1.82, 2.24) is 0 Å². The molecule has 1 aromatic carbocycles. The molecule has 1 heterocycles. The lowest BCUT2D eigenvalue weighted by Gasteiger charge is -2.12. The zero-order valence-electron chi connectivity index (χ0n) is 11.6. The van der Waals surface area contributed by atoms with Gasteiger partial charge in [-0.3, -0.25) is 4.79 Å². The highest BCUT2D eigenvalue weighted by Crippen LogP contribution is 2.22. The Morgan fingerprint density at radius 1 is 1.40 bits per heavy atom. The van der Waals surface area contributed by atoms with Crippen LogP contribution >= 0.6 is 12.4 Å². The Bertz CT molecular complexity index is 593. The molecular formula is C15H19ClN2O2. The van der Waals surface area contributed by atoms with Crippen molar-refractivity contribution in [2.75, 3.05) is 5.32 Å². The van der Waals surface area contributed by atoms with Crippen LogP contribution in [0, 0.1) is 6.92 Å². The maximum atomic E-state index is 12.2. The van der Waals surface area contributed by atoms with Crippen LogP contribution in [0.3, 0.4) is 0 Å². The van der Waals surface area contributed by atoms with Crippen molar-refractivity contribution in [1.29, 1.82) is 0 Å². The van der Waals surface area contributed by atoms with Crippen LogP contribution in [-0.2, 0) is 13.0 Å². The first-order chi connectivity index (χ1) is 9.15. The van der Waals surface area contributed by atoms with Gasteiger partial charge < -0.3 is 15.5 Å². The molecule has 4 nitrogen and oxygen atoms in total. The molecule has 1 aromatic heterocycles. The third-order valence-corrected chi connectivity index (χ3v) is 3.10. The molecule has 2 aromatic rings. The molecule has 0 aliphatic rings. The summed E-state index contributed by atoms with van der Waals surface area (Å²) >= 11 is 0. The lowest BCUT2D eigenvalue weighted by Crippen LogP contribution is -2.13. The Labute approximate surface area is 124 Å². The van der Waals surface area contributed by atoms with Crippen molar-refractivity contribution in [3.05, 3.63) is 53.0 Å². The summed E-state index contributed by atoms with van der Waals surface area (Å²) < 4.78 is 5.17. The molecule has 0 aliphatic heterocycles. The minimum absolute atomic E-state index is 0. The normalized spacial score (nSPS) is 9.95. The molecule has 2 rings (SSSR count). The van der Waals surface area contributed by atoms with Crippen molar-refractivity contribution in [3.8, 4) is 0 Å². The largest absolute Gasteiger partial charge is 0.467 e. The van der Waals surface area contributed by atoms with Crippen molar-refractivity contribution in [3.63, 3.8) is 0 Å². The second kappa shape index (κ2) is 7.12. The van der Waals surface area contributed by atoms with E-state index in [2.05, 4.69) is 12.2 Å². The summed E-state index contributed by atoms with van der Waals surface area (Å²) in [7, 11) is 0. The van der Waals surface area contributed by atoms with E-state index in [1.165, 1.54) is 6.26 Å². The van der Waals surface area contributed by atoms with Gasteiger partial charge in [-0.15, -0.1) is 12.4 Å². The van der Waals surface area contributed by atoms with Gasteiger partial charge >= 0.3 is 0 Å².